The second-order valence-electron chi connectivity index (χ2n) is 4.59. The van der Waals surface area contributed by atoms with E-state index in [0.717, 1.165) is 5.56 Å². The summed E-state index contributed by atoms with van der Waals surface area (Å²) in [5.74, 6) is 0.999. The quantitative estimate of drug-likeness (QED) is 0.748. The van der Waals surface area contributed by atoms with E-state index in [-0.39, 0.29) is 12.0 Å². The molecule has 0 aliphatic rings. The zero-order chi connectivity index (χ0) is 15.8. The van der Waals surface area contributed by atoms with Crippen molar-refractivity contribution in [2.75, 3.05) is 20.8 Å². The number of esters is 1. The van der Waals surface area contributed by atoms with Crippen molar-refractivity contribution in [3.8, 4) is 11.5 Å². The molecule has 1 aromatic carbocycles. The van der Waals surface area contributed by atoms with Gasteiger partial charge in [0, 0.05) is 23.7 Å². The lowest BCUT2D eigenvalue weighted by Crippen LogP contribution is -2.28. The number of nitrogens with one attached hydrogen (secondary N) is 1. The fourth-order valence-corrected chi connectivity index (χ4v) is 2.08. The number of benzene rings is 1. The van der Waals surface area contributed by atoms with Gasteiger partial charge >= 0.3 is 5.97 Å². The largest absolute Gasteiger partial charge is 0.493 e. The molecular weight excluding hydrogens is 294 g/mol. The van der Waals surface area contributed by atoms with E-state index in [1.165, 1.54) is 0 Å². The zero-order valence-electron chi connectivity index (χ0n) is 12.9. The number of hydrogen-bond donors (Lipinski definition) is 1. The van der Waals surface area contributed by atoms with Crippen molar-refractivity contribution >= 4 is 17.6 Å². The van der Waals surface area contributed by atoms with Crippen LogP contribution in [0.2, 0.25) is 5.02 Å². The zero-order valence-corrected chi connectivity index (χ0v) is 13.6. The van der Waals surface area contributed by atoms with E-state index < -0.39 is 0 Å². The minimum atomic E-state index is -0.212. The molecule has 0 aromatic heterocycles. The molecule has 0 spiro atoms. The van der Waals surface area contributed by atoms with Gasteiger partial charge in [-0.05, 0) is 25.5 Å². The normalized spacial score (nSPS) is 11.9. The summed E-state index contributed by atoms with van der Waals surface area (Å²) in [5, 5.41) is 3.82. The first-order valence-corrected chi connectivity index (χ1v) is 7.19. The van der Waals surface area contributed by atoms with Crippen LogP contribution in [0.15, 0.2) is 12.1 Å². The molecule has 1 rings (SSSR count). The highest BCUT2D eigenvalue weighted by atomic mass is 35.5. The Morgan fingerprint density at radius 3 is 2.48 bits per heavy atom. The second kappa shape index (κ2) is 8.74. The molecule has 1 atom stereocenters. The predicted octanol–water partition coefficient (Wildman–Crippen LogP) is 2.79. The first kappa shape index (κ1) is 17.6. The fourth-order valence-electron chi connectivity index (χ4n) is 1.86. The van der Waals surface area contributed by atoms with E-state index in [1.54, 1.807) is 27.2 Å². The summed E-state index contributed by atoms with van der Waals surface area (Å²) in [6, 6.07) is 3.53. The minimum absolute atomic E-state index is 0.00628. The van der Waals surface area contributed by atoms with Crippen LogP contribution in [0.25, 0.3) is 0 Å². The van der Waals surface area contributed by atoms with Crippen LogP contribution in [-0.4, -0.2) is 32.8 Å². The van der Waals surface area contributed by atoms with Crippen LogP contribution in [0.4, 0.5) is 0 Å². The summed E-state index contributed by atoms with van der Waals surface area (Å²) in [5.41, 5.74) is 0.880. The topological polar surface area (TPSA) is 56.8 Å². The van der Waals surface area contributed by atoms with E-state index in [2.05, 4.69) is 5.32 Å². The van der Waals surface area contributed by atoms with Crippen molar-refractivity contribution in [2.45, 2.75) is 32.9 Å². The van der Waals surface area contributed by atoms with Crippen molar-refractivity contribution in [2.24, 2.45) is 0 Å². The van der Waals surface area contributed by atoms with Gasteiger partial charge in [0.25, 0.3) is 0 Å². The number of ether oxygens (including phenoxy) is 3. The lowest BCUT2D eigenvalue weighted by atomic mass is 10.1. The lowest BCUT2D eigenvalue weighted by molar-refractivity contribution is -0.143. The Morgan fingerprint density at radius 2 is 1.90 bits per heavy atom. The molecule has 1 unspecified atom stereocenters. The molecule has 0 saturated heterocycles. The van der Waals surface area contributed by atoms with Gasteiger partial charge in [-0.15, -0.1) is 0 Å². The summed E-state index contributed by atoms with van der Waals surface area (Å²) < 4.78 is 15.3. The van der Waals surface area contributed by atoms with Crippen LogP contribution in [0, 0.1) is 0 Å². The Labute approximate surface area is 130 Å². The number of carbonyl (C=O) groups excluding carboxylic acids is 1. The summed E-state index contributed by atoms with van der Waals surface area (Å²) >= 11 is 6.21. The highest BCUT2D eigenvalue weighted by Crippen LogP contribution is 2.33. The lowest BCUT2D eigenvalue weighted by Gasteiger charge is -2.15. The van der Waals surface area contributed by atoms with Gasteiger partial charge in [0.05, 0.1) is 27.2 Å². The summed E-state index contributed by atoms with van der Waals surface area (Å²) in [7, 11) is 3.14. The van der Waals surface area contributed by atoms with Gasteiger partial charge in [-0.3, -0.25) is 4.79 Å². The predicted molar refractivity (Wildman–Crippen MR) is 82.1 cm³/mol. The molecule has 0 fully saturated rings. The average molecular weight is 316 g/mol. The number of hydrogen-bond acceptors (Lipinski definition) is 5. The Morgan fingerprint density at radius 1 is 1.29 bits per heavy atom. The van der Waals surface area contributed by atoms with Gasteiger partial charge in [0.2, 0.25) is 0 Å². The molecule has 1 aromatic rings. The molecule has 0 saturated carbocycles. The van der Waals surface area contributed by atoms with Gasteiger partial charge in [0.1, 0.15) is 0 Å². The average Bonchev–Trinajstić information content (AvgIpc) is 2.45. The Bertz CT molecular complexity index is 479. The van der Waals surface area contributed by atoms with E-state index in [0.29, 0.717) is 36.1 Å². The number of carbonyl (C=O) groups is 1. The SMILES string of the molecule is CCOC(=O)CC(C)NCc1cc(OC)c(OC)cc1Cl. The first-order valence-electron chi connectivity index (χ1n) is 6.81. The Kier molecular flexibility index (Phi) is 7.32. The summed E-state index contributed by atoms with van der Waals surface area (Å²) in [6.07, 6.45) is 0.318. The Balaban J connectivity index is 2.64. The number of methoxy groups -OCH3 is 2. The van der Waals surface area contributed by atoms with Gasteiger partial charge in [-0.1, -0.05) is 11.6 Å². The van der Waals surface area contributed by atoms with Gasteiger partial charge in [-0.2, -0.15) is 0 Å². The van der Waals surface area contributed by atoms with Crippen molar-refractivity contribution in [3.05, 3.63) is 22.7 Å². The maximum atomic E-state index is 11.4. The third-order valence-corrected chi connectivity index (χ3v) is 3.32. The number of halogens is 1. The third-order valence-electron chi connectivity index (χ3n) is 2.97. The van der Waals surface area contributed by atoms with Gasteiger partial charge in [0.15, 0.2) is 11.5 Å². The van der Waals surface area contributed by atoms with E-state index in [4.69, 9.17) is 25.8 Å². The van der Waals surface area contributed by atoms with Crippen LogP contribution >= 0.6 is 11.6 Å². The highest BCUT2D eigenvalue weighted by Gasteiger charge is 2.13. The molecule has 0 aliphatic carbocycles. The maximum Gasteiger partial charge on any atom is 0.307 e. The molecule has 0 bridgehead atoms. The molecule has 0 aliphatic heterocycles. The molecule has 6 heteroatoms. The van der Waals surface area contributed by atoms with Crippen LogP contribution in [0.3, 0.4) is 0 Å². The summed E-state index contributed by atoms with van der Waals surface area (Å²) in [6.45, 7) is 4.64. The summed E-state index contributed by atoms with van der Waals surface area (Å²) in [4.78, 5) is 11.4. The van der Waals surface area contributed by atoms with Gasteiger partial charge < -0.3 is 19.5 Å². The molecule has 1 N–H and O–H groups in total. The van der Waals surface area contributed by atoms with E-state index >= 15 is 0 Å². The van der Waals surface area contributed by atoms with E-state index in [1.807, 2.05) is 13.0 Å². The highest BCUT2D eigenvalue weighted by molar-refractivity contribution is 6.31. The second-order valence-corrected chi connectivity index (χ2v) is 5.00. The molecule has 5 nitrogen and oxygen atoms in total. The van der Waals surface area contributed by atoms with Crippen molar-refractivity contribution in [1.82, 2.24) is 5.32 Å². The molecule has 0 radical (unpaired) electrons. The number of rotatable bonds is 8. The first-order chi connectivity index (χ1) is 10.0. The molecular formula is C15H22ClNO4. The van der Waals surface area contributed by atoms with Gasteiger partial charge in [-0.25, -0.2) is 0 Å². The van der Waals surface area contributed by atoms with Crippen molar-refractivity contribution < 1.29 is 19.0 Å². The van der Waals surface area contributed by atoms with Crippen molar-refractivity contribution in [1.29, 1.82) is 0 Å². The third kappa shape index (κ3) is 5.44. The molecule has 118 valence electrons. The van der Waals surface area contributed by atoms with Crippen LogP contribution in [0.5, 0.6) is 11.5 Å². The molecule has 21 heavy (non-hydrogen) atoms. The van der Waals surface area contributed by atoms with Crippen molar-refractivity contribution in [3.63, 3.8) is 0 Å². The van der Waals surface area contributed by atoms with Crippen LogP contribution in [0.1, 0.15) is 25.8 Å². The fraction of sp³-hybridized carbons (Fsp3) is 0.533. The van der Waals surface area contributed by atoms with E-state index in [9.17, 15) is 4.79 Å². The van der Waals surface area contributed by atoms with Crippen LogP contribution in [-0.2, 0) is 16.1 Å². The standard InChI is InChI=1S/C15H22ClNO4/c1-5-21-15(18)6-10(2)17-9-11-7-13(19-3)14(20-4)8-12(11)16/h7-8,10,17H,5-6,9H2,1-4H3. The maximum absolute atomic E-state index is 11.4. The molecule has 0 heterocycles. The minimum Gasteiger partial charge on any atom is -0.493 e. The van der Waals surface area contributed by atoms with Crippen LogP contribution < -0.4 is 14.8 Å². The smallest absolute Gasteiger partial charge is 0.307 e. The monoisotopic (exact) mass is 315 g/mol. The Hall–Kier alpha value is -1.46. The molecule has 0 amide bonds.